The lowest BCUT2D eigenvalue weighted by Crippen LogP contribution is -1.82. The fraction of sp³-hybridized carbons (Fsp3) is 0. The zero-order valence-electron chi connectivity index (χ0n) is 9.84. The number of aromatic nitrogens is 3. The van der Waals surface area contributed by atoms with Gasteiger partial charge in [0.1, 0.15) is 5.75 Å². The Morgan fingerprint density at radius 3 is 2.47 bits per heavy atom. The fourth-order valence-corrected chi connectivity index (χ4v) is 2.00. The summed E-state index contributed by atoms with van der Waals surface area (Å²) in [5.41, 5.74) is 1.63. The van der Waals surface area contributed by atoms with Gasteiger partial charge in [-0.1, -0.05) is 23.7 Å². The van der Waals surface area contributed by atoms with Crippen molar-refractivity contribution >= 4 is 11.6 Å². The van der Waals surface area contributed by atoms with Crippen LogP contribution in [0.4, 0.5) is 0 Å². The number of nitrogens with zero attached hydrogens (tertiary/aromatic N) is 2. The molecule has 1 aromatic heterocycles. The van der Waals surface area contributed by atoms with Gasteiger partial charge < -0.3 is 5.11 Å². The third-order valence-corrected chi connectivity index (χ3v) is 3.07. The van der Waals surface area contributed by atoms with Crippen LogP contribution in [0, 0.1) is 0 Å². The van der Waals surface area contributed by atoms with Gasteiger partial charge in [0.15, 0.2) is 11.6 Å². The average molecular weight is 272 g/mol. The summed E-state index contributed by atoms with van der Waals surface area (Å²) in [4.78, 5) is 4.41. The molecular formula is C14H10ClN3O. The van der Waals surface area contributed by atoms with Crippen molar-refractivity contribution in [3.63, 3.8) is 0 Å². The Labute approximate surface area is 114 Å². The minimum atomic E-state index is 0.214. The number of phenols is 1. The SMILES string of the molecule is Oc1ccc(-c2n[nH]c(-c3ccccc3Cl)n2)cc1. The number of aromatic amines is 1. The van der Waals surface area contributed by atoms with Gasteiger partial charge in [-0.2, -0.15) is 5.10 Å². The van der Waals surface area contributed by atoms with Gasteiger partial charge in [0.25, 0.3) is 0 Å². The molecule has 2 aromatic carbocycles. The number of aromatic hydroxyl groups is 1. The maximum atomic E-state index is 9.26. The van der Waals surface area contributed by atoms with E-state index in [4.69, 9.17) is 11.6 Å². The van der Waals surface area contributed by atoms with E-state index in [1.165, 1.54) is 0 Å². The van der Waals surface area contributed by atoms with Crippen LogP contribution in [0.3, 0.4) is 0 Å². The van der Waals surface area contributed by atoms with Gasteiger partial charge in [-0.3, -0.25) is 5.10 Å². The van der Waals surface area contributed by atoms with Gasteiger partial charge in [-0.25, -0.2) is 4.98 Å². The van der Waals surface area contributed by atoms with E-state index in [1.807, 2.05) is 18.2 Å². The molecule has 94 valence electrons. The number of hydrogen-bond acceptors (Lipinski definition) is 3. The molecule has 0 fully saturated rings. The van der Waals surface area contributed by atoms with E-state index in [0.717, 1.165) is 11.1 Å². The van der Waals surface area contributed by atoms with Crippen LogP contribution in [0.15, 0.2) is 48.5 Å². The first-order chi connectivity index (χ1) is 9.24. The molecule has 3 aromatic rings. The molecule has 0 amide bonds. The van der Waals surface area contributed by atoms with E-state index in [0.29, 0.717) is 16.7 Å². The van der Waals surface area contributed by atoms with Crippen LogP contribution < -0.4 is 0 Å². The summed E-state index contributed by atoms with van der Waals surface area (Å²) >= 11 is 6.11. The smallest absolute Gasteiger partial charge is 0.181 e. The number of nitrogens with one attached hydrogen (secondary N) is 1. The van der Waals surface area contributed by atoms with Crippen molar-refractivity contribution < 1.29 is 5.11 Å². The maximum absolute atomic E-state index is 9.26. The van der Waals surface area contributed by atoms with Gasteiger partial charge >= 0.3 is 0 Å². The molecule has 0 aliphatic carbocycles. The summed E-state index contributed by atoms with van der Waals surface area (Å²) in [6.07, 6.45) is 0. The topological polar surface area (TPSA) is 61.8 Å². The van der Waals surface area contributed by atoms with E-state index in [1.54, 1.807) is 30.3 Å². The highest BCUT2D eigenvalue weighted by Crippen LogP contribution is 2.26. The summed E-state index contributed by atoms with van der Waals surface area (Å²) < 4.78 is 0. The first-order valence-electron chi connectivity index (χ1n) is 5.71. The lowest BCUT2D eigenvalue weighted by Gasteiger charge is -1.98. The first kappa shape index (κ1) is 11.7. The predicted molar refractivity (Wildman–Crippen MR) is 73.9 cm³/mol. The van der Waals surface area contributed by atoms with Crippen molar-refractivity contribution in [2.75, 3.05) is 0 Å². The van der Waals surface area contributed by atoms with Crippen molar-refractivity contribution in [2.45, 2.75) is 0 Å². The van der Waals surface area contributed by atoms with E-state index in [2.05, 4.69) is 15.2 Å². The van der Waals surface area contributed by atoms with Crippen LogP contribution in [-0.2, 0) is 0 Å². The molecule has 1 heterocycles. The zero-order valence-corrected chi connectivity index (χ0v) is 10.6. The van der Waals surface area contributed by atoms with Crippen molar-refractivity contribution in [1.29, 1.82) is 0 Å². The van der Waals surface area contributed by atoms with Gasteiger partial charge in [-0.05, 0) is 36.4 Å². The molecule has 0 bridgehead atoms. The molecular weight excluding hydrogens is 262 g/mol. The highest BCUT2D eigenvalue weighted by Gasteiger charge is 2.09. The van der Waals surface area contributed by atoms with Crippen molar-refractivity contribution in [3.05, 3.63) is 53.6 Å². The molecule has 0 saturated heterocycles. The molecule has 0 aliphatic rings. The minimum Gasteiger partial charge on any atom is -0.508 e. The number of H-pyrrole nitrogens is 1. The maximum Gasteiger partial charge on any atom is 0.181 e. The highest BCUT2D eigenvalue weighted by molar-refractivity contribution is 6.33. The van der Waals surface area contributed by atoms with Crippen LogP contribution in [0.2, 0.25) is 5.02 Å². The van der Waals surface area contributed by atoms with Crippen LogP contribution >= 0.6 is 11.6 Å². The normalized spacial score (nSPS) is 10.6. The van der Waals surface area contributed by atoms with E-state index in [9.17, 15) is 5.11 Å². The summed E-state index contributed by atoms with van der Waals surface area (Å²) in [5, 5.41) is 16.9. The number of phenolic OH excluding ortho intramolecular Hbond substituents is 1. The fourth-order valence-electron chi connectivity index (χ4n) is 1.78. The highest BCUT2D eigenvalue weighted by atomic mass is 35.5. The van der Waals surface area contributed by atoms with E-state index < -0.39 is 0 Å². The molecule has 0 saturated carbocycles. The Hall–Kier alpha value is -2.33. The molecule has 0 unspecified atom stereocenters. The molecule has 0 aliphatic heterocycles. The molecule has 2 N–H and O–H groups in total. The van der Waals surface area contributed by atoms with Gasteiger partial charge in [-0.15, -0.1) is 0 Å². The lowest BCUT2D eigenvalue weighted by atomic mass is 10.2. The largest absolute Gasteiger partial charge is 0.508 e. The Morgan fingerprint density at radius 2 is 1.74 bits per heavy atom. The second-order valence-electron chi connectivity index (χ2n) is 4.03. The van der Waals surface area contributed by atoms with Crippen LogP contribution in [0.5, 0.6) is 5.75 Å². The van der Waals surface area contributed by atoms with Crippen molar-refractivity contribution in [3.8, 4) is 28.5 Å². The van der Waals surface area contributed by atoms with E-state index in [-0.39, 0.29) is 5.75 Å². The quantitative estimate of drug-likeness (QED) is 0.750. The van der Waals surface area contributed by atoms with Crippen LogP contribution in [0.1, 0.15) is 0 Å². The molecule has 0 spiro atoms. The molecule has 19 heavy (non-hydrogen) atoms. The van der Waals surface area contributed by atoms with Crippen LogP contribution in [0.25, 0.3) is 22.8 Å². The molecule has 5 heteroatoms. The number of rotatable bonds is 2. The second kappa shape index (κ2) is 4.74. The Morgan fingerprint density at radius 1 is 1.00 bits per heavy atom. The number of benzene rings is 2. The predicted octanol–water partition coefficient (Wildman–Crippen LogP) is 3.50. The molecule has 4 nitrogen and oxygen atoms in total. The van der Waals surface area contributed by atoms with E-state index >= 15 is 0 Å². The van der Waals surface area contributed by atoms with Gasteiger partial charge in [0.2, 0.25) is 0 Å². The molecule has 3 rings (SSSR count). The summed E-state index contributed by atoms with van der Waals surface area (Å²) in [6, 6.07) is 14.2. The van der Waals surface area contributed by atoms with Crippen molar-refractivity contribution in [2.24, 2.45) is 0 Å². The lowest BCUT2D eigenvalue weighted by molar-refractivity contribution is 0.475. The molecule has 0 radical (unpaired) electrons. The summed E-state index contributed by atoms with van der Waals surface area (Å²) in [5.74, 6) is 1.40. The standard InChI is InChI=1S/C14H10ClN3O/c15-12-4-2-1-3-11(12)14-16-13(17-18-14)9-5-7-10(19)8-6-9/h1-8,19H,(H,16,17,18). The van der Waals surface area contributed by atoms with Crippen molar-refractivity contribution in [1.82, 2.24) is 15.2 Å². The number of halogens is 1. The monoisotopic (exact) mass is 271 g/mol. The number of hydrogen-bond donors (Lipinski definition) is 2. The summed E-state index contributed by atoms with van der Waals surface area (Å²) in [6.45, 7) is 0. The Balaban J connectivity index is 2.00. The van der Waals surface area contributed by atoms with Gasteiger partial charge in [0, 0.05) is 11.1 Å². The minimum absolute atomic E-state index is 0.214. The zero-order chi connectivity index (χ0) is 13.2. The third-order valence-electron chi connectivity index (χ3n) is 2.74. The van der Waals surface area contributed by atoms with Crippen LogP contribution in [-0.4, -0.2) is 20.3 Å². The van der Waals surface area contributed by atoms with Gasteiger partial charge in [0.05, 0.1) is 5.02 Å². The average Bonchev–Trinajstić information content (AvgIpc) is 2.89. The Kier molecular flexibility index (Phi) is 2.93. The molecule has 0 atom stereocenters. The Bertz CT molecular complexity index is 707. The first-order valence-corrected chi connectivity index (χ1v) is 6.08. The third kappa shape index (κ3) is 2.30. The summed E-state index contributed by atoms with van der Waals surface area (Å²) in [7, 11) is 0. The second-order valence-corrected chi connectivity index (χ2v) is 4.44.